The van der Waals surface area contributed by atoms with Crippen LogP contribution in [0.2, 0.25) is 0 Å². The molecule has 2 rings (SSSR count). The summed E-state index contributed by atoms with van der Waals surface area (Å²) in [4.78, 5) is 16.2. The van der Waals surface area contributed by atoms with E-state index in [0.29, 0.717) is 38.6 Å². The van der Waals surface area contributed by atoms with Crippen LogP contribution in [0.25, 0.3) is 0 Å². The Kier molecular flexibility index (Phi) is 5.58. The Morgan fingerprint density at radius 1 is 1.41 bits per heavy atom. The van der Waals surface area contributed by atoms with Gasteiger partial charge in [0.15, 0.2) is 0 Å². The third-order valence-corrected chi connectivity index (χ3v) is 4.10. The number of hydrogen-bond donors (Lipinski definition) is 1. The zero-order valence-electron chi connectivity index (χ0n) is 14.1. The molecule has 22 heavy (non-hydrogen) atoms. The summed E-state index contributed by atoms with van der Waals surface area (Å²) in [6.45, 7) is 11.8. The molecule has 1 aromatic rings. The first-order chi connectivity index (χ1) is 10.4. The highest BCUT2D eigenvalue weighted by molar-refractivity contribution is 5.78. The fraction of sp³-hybridized carbons (Fsp3) is 0.750. The Labute approximate surface area is 132 Å². The van der Waals surface area contributed by atoms with E-state index >= 15 is 0 Å². The molecule has 1 N–H and O–H groups in total. The lowest BCUT2D eigenvalue weighted by Crippen LogP contribution is -2.39. The number of aryl methyl sites for hydroxylation is 1. The molecule has 124 valence electrons. The average molecular weight is 308 g/mol. The van der Waals surface area contributed by atoms with Gasteiger partial charge in [0.1, 0.15) is 0 Å². The number of aromatic nitrogens is 2. The molecule has 2 heterocycles. The molecule has 1 atom stereocenters. The molecule has 0 bridgehead atoms. The molecule has 1 fully saturated rings. The highest BCUT2D eigenvalue weighted by Gasteiger charge is 2.27. The van der Waals surface area contributed by atoms with Gasteiger partial charge < -0.3 is 10.0 Å². The van der Waals surface area contributed by atoms with Crippen molar-refractivity contribution in [3.63, 3.8) is 0 Å². The maximum absolute atomic E-state index is 12.4. The van der Waals surface area contributed by atoms with Gasteiger partial charge in [-0.1, -0.05) is 13.8 Å². The lowest BCUT2D eigenvalue weighted by atomic mass is 10.2. The van der Waals surface area contributed by atoms with Gasteiger partial charge in [-0.2, -0.15) is 5.10 Å². The van der Waals surface area contributed by atoms with E-state index in [0.717, 1.165) is 17.8 Å². The van der Waals surface area contributed by atoms with Crippen molar-refractivity contribution in [2.45, 2.75) is 46.9 Å². The largest absolute Gasteiger partial charge is 0.390 e. The Bertz CT molecular complexity index is 512. The molecular formula is C16H28N4O2. The van der Waals surface area contributed by atoms with Gasteiger partial charge in [0.2, 0.25) is 5.91 Å². The SMILES string of the molecule is CCn1ncc(CN2CC(=O)N(CC(C)C)CC(O)C2)c1C. The standard InChI is InChI=1S/C16H28N4O2/c1-5-20-13(4)14(6-17-20)8-18-9-15(21)10-19(7-12(2)3)16(22)11-18/h6,12,15,21H,5,7-11H2,1-4H3. The smallest absolute Gasteiger partial charge is 0.236 e. The second kappa shape index (κ2) is 7.24. The van der Waals surface area contributed by atoms with Crippen LogP contribution in [0.5, 0.6) is 0 Å². The molecule has 0 aliphatic carbocycles. The minimum Gasteiger partial charge on any atom is -0.390 e. The predicted molar refractivity (Wildman–Crippen MR) is 85.3 cm³/mol. The van der Waals surface area contributed by atoms with Gasteiger partial charge in [-0.05, 0) is 19.8 Å². The zero-order chi connectivity index (χ0) is 16.3. The van der Waals surface area contributed by atoms with Crippen molar-refractivity contribution in [3.05, 3.63) is 17.5 Å². The van der Waals surface area contributed by atoms with Crippen LogP contribution in [0.1, 0.15) is 32.0 Å². The van der Waals surface area contributed by atoms with E-state index in [1.807, 2.05) is 22.7 Å². The van der Waals surface area contributed by atoms with Crippen molar-refractivity contribution < 1.29 is 9.90 Å². The molecule has 6 heteroatoms. The van der Waals surface area contributed by atoms with Gasteiger partial charge in [-0.15, -0.1) is 0 Å². The Hall–Kier alpha value is -1.40. The summed E-state index contributed by atoms with van der Waals surface area (Å²) in [5.74, 6) is 0.513. The monoisotopic (exact) mass is 308 g/mol. The molecular weight excluding hydrogens is 280 g/mol. The molecule has 0 aromatic carbocycles. The fourth-order valence-corrected chi connectivity index (χ4v) is 3.01. The van der Waals surface area contributed by atoms with E-state index in [-0.39, 0.29) is 5.91 Å². The van der Waals surface area contributed by atoms with Crippen LogP contribution in [-0.4, -0.2) is 62.9 Å². The average Bonchev–Trinajstić information content (AvgIpc) is 2.71. The van der Waals surface area contributed by atoms with Gasteiger partial charge in [0, 0.05) is 44.0 Å². The molecule has 1 saturated heterocycles. The fourth-order valence-electron chi connectivity index (χ4n) is 3.01. The quantitative estimate of drug-likeness (QED) is 0.877. The summed E-state index contributed by atoms with van der Waals surface area (Å²) in [6, 6.07) is 0. The van der Waals surface area contributed by atoms with Crippen LogP contribution in [-0.2, 0) is 17.9 Å². The molecule has 0 radical (unpaired) electrons. The summed E-state index contributed by atoms with van der Waals surface area (Å²) in [5, 5.41) is 14.6. The van der Waals surface area contributed by atoms with Crippen LogP contribution in [0, 0.1) is 12.8 Å². The Balaban J connectivity index is 2.05. The first-order valence-electron chi connectivity index (χ1n) is 8.10. The highest BCUT2D eigenvalue weighted by Crippen LogP contribution is 2.14. The summed E-state index contributed by atoms with van der Waals surface area (Å²) < 4.78 is 1.95. The maximum atomic E-state index is 12.4. The molecule has 1 unspecified atom stereocenters. The summed E-state index contributed by atoms with van der Waals surface area (Å²) >= 11 is 0. The van der Waals surface area contributed by atoms with Crippen LogP contribution < -0.4 is 0 Å². The molecule has 0 saturated carbocycles. The van der Waals surface area contributed by atoms with E-state index in [2.05, 4.69) is 25.9 Å². The van der Waals surface area contributed by atoms with Gasteiger partial charge in [-0.3, -0.25) is 14.4 Å². The second-order valence-corrected chi connectivity index (χ2v) is 6.59. The van der Waals surface area contributed by atoms with Crippen molar-refractivity contribution in [2.24, 2.45) is 5.92 Å². The topological polar surface area (TPSA) is 61.6 Å². The number of nitrogens with zero attached hydrogens (tertiary/aromatic N) is 4. The first-order valence-corrected chi connectivity index (χ1v) is 8.10. The van der Waals surface area contributed by atoms with E-state index in [9.17, 15) is 9.90 Å². The maximum Gasteiger partial charge on any atom is 0.236 e. The van der Waals surface area contributed by atoms with Gasteiger partial charge in [-0.25, -0.2) is 0 Å². The second-order valence-electron chi connectivity index (χ2n) is 6.59. The molecule has 6 nitrogen and oxygen atoms in total. The number of aliphatic hydroxyl groups excluding tert-OH is 1. The van der Waals surface area contributed by atoms with Crippen LogP contribution >= 0.6 is 0 Å². The van der Waals surface area contributed by atoms with Gasteiger partial charge in [0.05, 0.1) is 18.8 Å². The molecule has 1 aliphatic rings. The first kappa shape index (κ1) is 17.0. The van der Waals surface area contributed by atoms with Crippen molar-refractivity contribution in [2.75, 3.05) is 26.2 Å². The van der Waals surface area contributed by atoms with E-state index in [1.54, 1.807) is 4.90 Å². The van der Waals surface area contributed by atoms with Crippen molar-refractivity contribution in [1.82, 2.24) is 19.6 Å². The number of β-amino-alcohol motifs (C(OH)–C–C–N with tert-alkyl or cyclic N) is 1. The third kappa shape index (κ3) is 4.08. The summed E-state index contributed by atoms with van der Waals surface area (Å²) in [5.41, 5.74) is 2.26. The van der Waals surface area contributed by atoms with Crippen molar-refractivity contribution >= 4 is 5.91 Å². The van der Waals surface area contributed by atoms with Crippen LogP contribution in [0.15, 0.2) is 6.20 Å². The predicted octanol–water partition coefficient (Wildman–Crippen LogP) is 0.873. The minimum absolute atomic E-state index is 0.103. The van der Waals surface area contributed by atoms with E-state index < -0.39 is 6.10 Å². The van der Waals surface area contributed by atoms with Crippen LogP contribution in [0.4, 0.5) is 0 Å². The number of amides is 1. The lowest BCUT2D eigenvalue weighted by Gasteiger charge is -2.23. The number of carbonyl (C=O) groups excluding carboxylic acids is 1. The van der Waals surface area contributed by atoms with E-state index in [4.69, 9.17) is 0 Å². The third-order valence-electron chi connectivity index (χ3n) is 4.10. The normalized spacial score (nSPS) is 20.7. The number of hydrogen-bond acceptors (Lipinski definition) is 4. The molecule has 1 amide bonds. The molecule has 0 spiro atoms. The van der Waals surface area contributed by atoms with Crippen molar-refractivity contribution in [3.8, 4) is 0 Å². The molecule has 1 aliphatic heterocycles. The highest BCUT2D eigenvalue weighted by atomic mass is 16.3. The molecule has 1 aromatic heterocycles. The number of carbonyl (C=O) groups is 1. The zero-order valence-corrected chi connectivity index (χ0v) is 14.1. The summed E-state index contributed by atoms with van der Waals surface area (Å²) in [6.07, 6.45) is 1.37. The van der Waals surface area contributed by atoms with Gasteiger partial charge >= 0.3 is 0 Å². The number of rotatable bonds is 5. The van der Waals surface area contributed by atoms with E-state index in [1.165, 1.54) is 0 Å². The minimum atomic E-state index is -0.494. The van der Waals surface area contributed by atoms with Crippen molar-refractivity contribution in [1.29, 1.82) is 0 Å². The van der Waals surface area contributed by atoms with Crippen LogP contribution in [0.3, 0.4) is 0 Å². The number of aliphatic hydroxyl groups is 1. The van der Waals surface area contributed by atoms with Gasteiger partial charge in [0.25, 0.3) is 0 Å². The Morgan fingerprint density at radius 2 is 2.14 bits per heavy atom. The summed E-state index contributed by atoms with van der Waals surface area (Å²) in [7, 11) is 0. The Morgan fingerprint density at radius 3 is 2.73 bits per heavy atom. The lowest BCUT2D eigenvalue weighted by molar-refractivity contribution is -0.132.